The SMILES string of the molecule is CC/C(F)=C(/F)C(C)C(F)/C=C/F. The number of rotatable bonds is 4. The lowest BCUT2D eigenvalue weighted by Crippen LogP contribution is -2.11. The van der Waals surface area contributed by atoms with E-state index >= 15 is 0 Å². The average Bonchev–Trinajstić information content (AvgIpc) is 2.14. The summed E-state index contributed by atoms with van der Waals surface area (Å²) in [6.45, 7) is 2.58. The smallest absolute Gasteiger partial charge is 0.137 e. The van der Waals surface area contributed by atoms with Gasteiger partial charge in [0.05, 0.1) is 6.33 Å². The topological polar surface area (TPSA) is 0 Å². The molecule has 0 spiro atoms. The number of halogens is 4. The molecule has 0 saturated heterocycles. The second-order valence-corrected chi connectivity index (χ2v) is 2.66. The summed E-state index contributed by atoms with van der Waals surface area (Å²) in [6, 6.07) is 0. The fourth-order valence-corrected chi connectivity index (χ4v) is 0.792. The molecule has 0 aliphatic carbocycles. The molecule has 0 heterocycles. The van der Waals surface area contributed by atoms with Gasteiger partial charge in [0.2, 0.25) is 0 Å². The van der Waals surface area contributed by atoms with Crippen molar-refractivity contribution < 1.29 is 17.6 Å². The molecule has 0 aromatic carbocycles. The number of alkyl halides is 1. The second-order valence-electron chi connectivity index (χ2n) is 2.66. The van der Waals surface area contributed by atoms with Crippen molar-refractivity contribution >= 4 is 0 Å². The maximum atomic E-state index is 12.9. The number of hydrogen-bond donors (Lipinski definition) is 0. The Bertz CT molecular complexity index is 208. The summed E-state index contributed by atoms with van der Waals surface area (Å²) in [7, 11) is 0. The van der Waals surface area contributed by atoms with Crippen LogP contribution in [0, 0.1) is 5.92 Å². The minimum atomic E-state index is -1.83. The Morgan fingerprint density at radius 1 is 1.38 bits per heavy atom. The Kier molecular flexibility index (Phi) is 5.42. The molecule has 2 unspecified atom stereocenters. The third-order valence-electron chi connectivity index (χ3n) is 1.70. The van der Waals surface area contributed by atoms with Gasteiger partial charge in [-0.1, -0.05) is 13.8 Å². The van der Waals surface area contributed by atoms with Crippen LogP contribution in [-0.4, -0.2) is 6.17 Å². The largest absolute Gasteiger partial charge is 0.242 e. The minimum Gasteiger partial charge on any atom is -0.242 e. The fourth-order valence-electron chi connectivity index (χ4n) is 0.792. The Labute approximate surface area is 74.9 Å². The molecule has 0 nitrogen and oxygen atoms in total. The van der Waals surface area contributed by atoms with Crippen LogP contribution in [0.15, 0.2) is 24.1 Å². The molecule has 0 fully saturated rings. The zero-order chi connectivity index (χ0) is 10.4. The zero-order valence-corrected chi connectivity index (χ0v) is 7.53. The summed E-state index contributed by atoms with van der Waals surface area (Å²) in [6.07, 6.45) is -1.42. The molecule has 0 saturated carbocycles. The van der Waals surface area contributed by atoms with Crippen molar-refractivity contribution in [2.75, 3.05) is 0 Å². The van der Waals surface area contributed by atoms with Gasteiger partial charge >= 0.3 is 0 Å². The first-order valence-electron chi connectivity index (χ1n) is 3.99. The van der Waals surface area contributed by atoms with Gasteiger partial charge in [0.25, 0.3) is 0 Å². The molecule has 4 heteroatoms. The van der Waals surface area contributed by atoms with E-state index in [1.807, 2.05) is 0 Å². The van der Waals surface area contributed by atoms with Crippen molar-refractivity contribution in [2.45, 2.75) is 26.4 Å². The Hall–Kier alpha value is -0.800. The molecule has 13 heavy (non-hydrogen) atoms. The summed E-state index contributed by atoms with van der Waals surface area (Å²) >= 11 is 0. The van der Waals surface area contributed by atoms with Crippen molar-refractivity contribution in [3.05, 3.63) is 24.1 Å². The standard InChI is InChI=1S/C9H12F4/c1-3-7(11)9(13)6(2)8(12)4-5-10/h4-6,8H,3H2,1-2H3/b5-4+,9-7-. The van der Waals surface area contributed by atoms with Crippen molar-refractivity contribution in [2.24, 2.45) is 5.92 Å². The van der Waals surface area contributed by atoms with Gasteiger partial charge in [-0.2, -0.15) is 0 Å². The molecule has 0 aliphatic heterocycles. The molecular weight excluding hydrogens is 184 g/mol. The van der Waals surface area contributed by atoms with E-state index in [4.69, 9.17) is 0 Å². The van der Waals surface area contributed by atoms with Crippen molar-refractivity contribution in [1.29, 1.82) is 0 Å². The highest BCUT2D eigenvalue weighted by Gasteiger charge is 2.21. The van der Waals surface area contributed by atoms with Gasteiger partial charge in [0.1, 0.15) is 17.8 Å². The monoisotopic (exact) mass is 196 g/mol. The van der Waals surface area contributed by atoms with E-state index in [0.29, 0.717) is 6.08 Å². The Morgan fingerprint density at radius 3 is 2.31 bits per heavy atom. The minimum absolute atomic E-state index is 0.0156. The van der Waals surface area contributed by atoms with Crippen LogP contribution in [0.25, 0.3) is 0 Å². The van der Waals surface area contributed by atoms with E-state index in [0.717, 1.165) is 6.92 Å². The summed E-state index contributed by atoms with van der Waals surface area (Å²) in [5.41, 5.74) is 0. The lowest BCUT2D eigenvalue weighted by atomic mass is 10.0. The molecule has 0 aliphatic rings. The fraction of sp³-hybridized carbons (Fsp3) is 0.556. The van der Waals surface area contributed by atoms with E-state index in [9.17, 15) is 17.6 Å². The van der Waals surface area contributed by atoms with Crippen molar-refractivity contribution in [3.63, 3.8) is 0 Å². The van der Waals surface area contributed by atoms with Gasteiger partial charge in [0, 0.05) is 5.92 Å². The molecule has 0 radical (unpaired) electrons. The van der Waals surface area contributed by atoms with E-state index < -0.39 is 23.7 Å². The van der Waals surface area contributed by atoms with Crippen molar-refractivity contribution in [1.82, 2.24) is 0 Å². The first-order chi connectivity index (χ1) is 6.04. The van der Waals surface area contributed by atoms with Gasteiger partial charge < -0.3 is 0 Å². The highest BCUT2D eigenvalue weighted by molar-refractivity contribution is 5.07. The summed E-state index contributed by atoms with van der Waals surface area (Å²) in [4.78, 5) is 0. The van der Waals surface area contributed by atoms with Gasteiger partial charge in [-0.25, -0.2) is 17.6 Å². The maximum Gasteiger partial charge on any atom is 0.137 e. The molecule has 0 N–H and O–H groups in total. The number of allylic oxidation sites excluding steroid dienone is 3. The van der Waals surface area contributed by atoms with Crippen LogP contribution in [0.2, 0.25) is 0 Å². The second kappa shape index (κ2) is 5.78. The van der Waals surface area contributed by atoms with Crippen LogP contribution in [0.5, 0.6) is 0 Å². The lowest BCUT2D eigenvalue weighted by molar-refractivity contribution is 0.282. The van der Waals surface area contributed by atoms with Crippen molar-refractivity contribution in [3.8, 4) is 0 Å². The molecule has 76 valence electrons. The van der Waals surface area contributed by atoms with Gasteiger partial charge in [-0.05, 0) is 12.5 Å². The summed E-state index contributed by atoms with van der Waals surface area (Å²) < 4.78 is 49.7. The van der Waals surface area contributed by atoms with Crippen LogP contribution in [-0.2, 0) is 0 Å². The van der Waals surface area contributed by atoms with E-state index in [1.165, 1.54) is 6.92 Å². The normalized spacial score (nSPS) is 18.6. The third kappa shape index (κ3) is 3.61. The van der Waals surface area contributed by atoms with Crippen LogP contribution in [0.4, 0.5) is 17.6 Å². The Balaban J connectivity index is 4.50. The van der Waals surface area contributed by atoms with Crippen LogP contribution in [0.3, 0.4) is 0 Å². The molecule has 0 rings (SSSR count). The van der Waals surface area contributed by atoms with E-state index in [1.54, 1.807) is 0 Å². The highest BCUT2D eigenvalue weighted by atomic mass is 19.2. The quantitative estimate of drug-likeness (QED) is 0.596. The lowest BCUT2D eigenvalue weighted by Gasteiger charge is -2.11. The maximum absolute atomic E-state index is 12.9. The first kappa shape index (κ1) is 12.2. The van der Waals surface area contributed by atoms with Gasteiger partial charge in [-0.3, -0.25) is 0 Å². The summed E-state index contributed by atoms with van der Waals surface area (Å²) in [5, 5.41) is 0. The average molecular weight is 196 g/mol. The molecule has 0 bridgehead atoms. The first-order valence-corrected chi connectivity index (χ1v) is 3.99. The Morgan fingerprint density at radius 2 is 1.92 bits per heavy atom. The molecule has 0 aromatic heterocycles. The predicted octanol–water partition coefficient (Wildman–Crippen LogP) is 4.00. The predicted molar refractivity (Wildman–Crippen MR) is 43.8 cm³/mol. The highest BCUT2D eigenvalue weighted by Crippen LogP contribution is 2.25. The van der Waals surface area contributed by atoms with E-state index in [-0.39, 0.29) is 12.8 Å². The molecular formula is C9H12F4. The third-order valence-corrected chi connectivity index (χ3v) is 1.70. The molecule has 0 amide bonds. The van der Waals surface area contributed by atoms with Crippen LogP contribution in [0.1, 0.15) is 20.3 Å². The zero-order valence-electron chi connectivity index (χ0n) is 7.53. The van der Waals surface area contributed by atoms with Crippen LogP contribution >= 0.6 is 0 Å². The van der Waals surface area contributed by atoms with Gasteiger partial charge in [0.15, 0.2) is 0 Å². The van der Waals surface area contributed by atoms with Gasteiger partial charge in [-0.15, -0.1) is 0 Å². The summed E-state index contributed by atoms with van der Waals surface area (Å²) in [5.74, 6) is -3.40. The molecule has 0 aromatic rings. The number of hydrogen-bond acceptors (Lipinski definition) is 0. The van der Waals surface area contributed by atoms with E-state index in [2.05, 4.69) is 0 Å². The van der Waals surface area contributed by atoms with Crippen LogP contribution < -0.4 is 0 Å². The molecule has 2 atom stereocenters.